The molecular weight excluding hydrogens is 412 g/mol. The van der Waals surface area contributed by atoms with Crippen molar-refractivity contribution in [3.8, 4) is 5.75 Å². The summed E-state index contributed by atoms with van der Waals surface area (Å²) in [7, 11) is 1.59. The average molecular weight is 428 g/mol. The topological polar surface area (TPSA) is 50.7 Å². The molecule has 0 saturated carbocycles. The van der Waals surface area contributed by atoms with Gasteiger partial charge in [-0.2, -0.15) is 5.10 Å². The van der Waals surface area contributed by atoms with Crippen molar-refractivity contribution in [2.24, 2.45) is 5.10 Å². The number of ether oxygens (including phenoxy) is 1. The molecule has 0 spiro atoms. The van der Waals surface area contributed by atoms with Gasteiger partial charge in [0.2, 0.25) is 5.91 Å². The highest BCUT2D eigenvalue weighted by Crippen LogP contribution is 2.21. The molecule has 0 bridgehead atoms. The van der Waals surface area contributed by atoms with E-state index in [9.17, 15) is 4.79 Å². The molecule has 1 N–H and O–H groups in total. The fraction of sp³-hybridized carbons (Fsp3) is 0.176. The molecule has 2 aromatic rings. The number of nitrogens with one attached hydrogen (secondary N) is 1. The van der Waals surface area contributed by atoms with E-state index >= 15 is 0 Å². The molecule has 0 aliphatic carbocycles. The van der Waals surface area contributed by atoms with Gasteiger partial charge in [-0.15, -0.1) is 11.8 Å². The summed E-state index contributed by atoms with van der Waals surface area (Å²) >= 11 is 10.7. The van der Waals surface area contributed by atoms with Crippen LogP contribution < -0.4 is 10.2 Å². The van der Waals surface area contributed by atoms with Crippen molar-refractivity contribution in [2.45, 2.75) is 5.75 Å². The van der Waals surface area contributed by atoms with Crippen LogP contribution in [0.5, 0.6) is 5.75 Å². The van der Waals surface area contributed by atoms with Gasteiger partial charge in [-0.25, -0.2) is 5.43 Å². The Morgan fingerprint density at radius 3 is 2.79 bits per heavy atom. The number of amides is 1. The van der Waals surface area contributed by atoms with E-state index in [2.05, 4.69) is 26.5 Å². The van der Waals surface area contributed by atoms with Crippen LogP contribution in [0, 0.1) is 0 Å². The van der Waals surface area contributed by atoms with Gasteiger partial charge < -0.3 is 4.74 Å². The minimum atomic E-state index is -0.154. The maximum atomic E-state index is 11.8. The van der Waals surface area contributed by atoms with Gasteiger partial charge in [-0.3, -0.25) is 4.79 Å². The predicted octanol–water partition coefficient (Wildman–Crippen LogP) is 4.49. The second-order valence-electron chi connectivity index (χ2n) is 4.80. The third-order valence-electron chi connectivity index (χ3n) is 3.00. The monoisotopic (exact) mass is 426 g/mol. The van der Waals surface area contributed by atoms with Gasteiger partial charge >= 0.3 is 0 Å². The zero-order valence-corrected chi connectivity index (χ0v) is 16.1. The van der Waals surface area contributed by atoms with Crippen molar-refractivity contribution in [3.63, 3.8) is 0 Å². The lowest BCUT2D eigenvalue weighted by Gasteiger charge is -2.05. The summed E-state index contributed by atoms with van der Waals surface area (Å²) in [6, 6.07) is 13.2. The van der Waals surface area contributed by atoms with Crippen LogP contribution >= 0.6 is 39.3 Å². The smallest absolute Gasteiger partial charge is 0.250 e. The Hall–Kier alpha value is -1.50. The minimum absolute atomic E-state index is 0.154. The van der Waals surface area contributed by atoms with Crippen molar-refractivity contribution >= 4 is 51.4 Å². The first-order chi connectivity index (χ1) is 11.6. The third-order valence-corrected chi connectivity index (χ3v) is 4.75. The first kappa shape index (κ1) is 18.8. The highest BCUT2D eigenvalue weighted by Gasteiger charge is 2.03. The molecule has 1 amide bonds. The van der Waals surface area contributed by atoms with Gasteiger partial charge in [-0.1, -0.05) is 39.7 Å². The third kappa shape index (κ3) is 6.19. The lowest BCUT2D eigenvalue weighted by molar-refractivity contribution is -0.118. The van der Waals surface area contributed by atoms with E-state index in [4.69, 9.17) is 16.3 Å². The summed E-state index contributed by atoms with van der Waals surface area (Å²) < 4.78 is 6.15. The fourth-order valence-electron chi connectivity index (χ4n) is 1.85. The van der Waals surface area contributed by atoms with Crippen molar-refractivity contribution in [2.75, 3.05) is 12.9 Å². The van der Waals surface area contributed by atoms with Crippen molar-refractivity contribution in [1.82, 2.24) is 5.43 Å². The molecule has 0 unspecified atom stereocenters. The van der Waals surface area contributed by atoms with Gasteiger partial charge in [0.25, 0.3) is 0 Å². The van der Waals surface area contributed by atoms with Gasteiger partial charge in [-0.05, 0) is 35.9 Å². The van der Waals surface area contributed by atoms with Gasteiger partial charge in [0.15, 0.2) is 0 Å². The number of rotatable bonds is 7. The SMILES string of the molecule is COc1ccc(Br)cc1C=NNC(=O)CSCc1ccc(Cl)cc1. The number of hydrogen-bond donors (Lipinski definition) is 1. The molecule has 7 heteroatoms. The molecule has 4 nitrogen and oxygen atoms in total. The number of hydrazone groups is 1. The van der Waals surface area contributed by atoms with Gasteiger partial charge in [0, 0.05) is 20.8 Å². The van der Waals surface area contributed by atoms with E-state index in [0.717, 1.165) is 21.4 Å². The van der Waals surface area contributed by atoms with Crippen LogP contribution in [0.4, 0.5) is 0 Å². The summed E-state index contributed by atoms with van der Waals surface area (Å²) in [5, 5.41) is 4.68. The summed E-state index contributed by atoms with van der Waals surface area (Å²) in [5.74, 6) is 1.61. The average Bonchev–Trinajstić information content (AvgIpc) is 2.57. The van der Waals surface area contributed by atoms with Crippen LogP contribution in [0.15, 0.2) is 52.0 Å². The lowest BCUT2D eigenvalue weighted by Crippen LogP contribution is -2.19. The molecule has 2 aromatic carbocycles. The number of methoxy groups -OCH3 is 1. The summed E-state index contributed by atoms with van der Waals surface area (Å²) in [5.41, 5.74) is 4.42. The molecule has 0 aliphatic rings. The number of nitrogens with zero attached hydrogens (tertiary/aromatic N) is 1. The molecule has 0 radical (unpaired) electrons. The number of hydrogen-bond acceptors (Lipinski definition) is 4. The van der Waals surface area contributed by atoms with E-state index in [0.29, 0.717) is 16.5 Å². The maximum absolute atomic E-state index is 11.8. The second-order valence-corrected chi connectivity index (χ2v) is 7.14. The normalized spacial score (nSPS) is 10.8. The number of carbonyl (C=O) groups excluding carboxylic acids is 1. The zero-order valence-electron chi connectivity index (χ0n) is 13.0. The quantitative estimate of drug-likeness (QED) is 0.523. The molecule has 0 saturated heterocycles. The van der Waals surface area contributed by atoms with E-state index in [1.165, 1.54) is 11.8 Å². The maximum Gasteiger partial charge on any atom is 0.250 e. The van der Waals surface area contributed by atoms with E-state index in [1.807, 2.05) is 42.5 Å². The Labute approximate surface area is 158 Å². The Balaban J connectivity index is 1.78. The summed E-state index contributed by atoms with van der Waals surface area (Å²) in [4.78, 5) is 11.8. The number of thioether (sulfide) groups is 1. The highest BCUT2D eigenvalue weighted by molar-refractivity contribution is 9.10. The van der Waals surface area contributed by atoms with Crippen LogP contribution in [-0.2, 0) is 10.5 Å². The van der Waals surface area contributed by atoms with Crippen molar-refractivity contribution in [3.05, 3.63) is 63.1 Å². The molecule has 0 aliphatic heterocycles. The van der Waals surface area contributed by atoms with E-state index in [1.54, 1.807) is 13.3 Å². The van der Waals surface area contributed by atoms with Crippen LogP contribution in [0.2, 0.25) is 5.02 Å². The Bertz CT molecular complexity index is 723. The standard InChI is InChI=1S/C17H16BrClN2O2S/c1-23-16-7-4-14(18)8-13(16)9-20-21-17(22)11-24-10-12-2-5-15(19)6-3-12/h2-9H,10-11H2,1H3,(H,21,22). The summed E-state index contributed by atoms with van der Waals surface area (Å²) in [6.45, 7) is 0. The number of benzene rings is 2. The predicted molar refractivity (Wildman–Crippen MR) is 104 cm³/mol. The minimum Gasteiger partial charge on any atom is -0.496 e. The Morgan fingerprint density at radius 2 is 2.08 bits per heavy atom. The summed E-state index contributed by atoms with van der Waals surface area (Å²) in [6.07, 6.45) is 1.56. The van der Waals surface area contributed by atoms with Crippen LogP contribution in [0.3, 0.4) is 0 Å². The lowest BCUT2D eigenvalue weighted by atomic mass is 10.2. The van der Waals surface area contributed by atoms with Crippen molar-refractivity contribution < 1.29 is 9.53 Å². The molecule has 0 aromatic heterocycles. The van der Waals surface area contributed by atoms with Crippen LogP contribution in [0.25, 0.3) is 0 Å². The van der Waals surface area contributed by atoms with Crippen LogP contribution in [0.1, 0.15) is 11.1 Å². The molecule has 0 heterocycles. The van der Waals surface area contributed by atoms with Crippen LogP contribution in [-0.4, -0.2) is 25.0 Å². The van der Waals surface area contributed by atoms with Gasteiger partial charge in [0.05, 0.1) is 19.1 Å². The number of halogens is 2. The first-order valence-electron chi connectivity index (χ1n) is 7.06. The van der Waals surface area contributed by atoms with Gasteiger partial charge in [0.1, 0.15) is 5.75 Å². The highest BCUT2D eigenvalue weighted by atomic mass is 79.9. The van der Waals surface area contributed by atoms with E-state index < -0.39 is 0 Å². The molecule has 126 valence electrons. The fourth-order valence-corrected chi connectivity index (χ4v) is 3.14. The largest absolute Gasteiger partial charge is 0.496 e. The molecule has 0 atom stereocenters. The second kappa shape index (κ2) is 9.71. The van der Waals surface area contributed by atoms with Crippen molar-refractivity contribution in [1.29, 1.82) is 0 Å². The number of carbonyl (C=O) groups is 1. The zero-order chi connectivity index (χ0) is 17.4. The molecular formula is C17H16BrClN2O2S. The Morgan fingerprint density at radius 1 is 1.33 bits per heavy atom. The first-order valence-corrected chi connectivity index (χ1v) is 9.38. The molecule has 24 heavy (non-hydrogen) atoms. The molecule has 2 rings (SSSR count). The Kier molecular flexibility index (Phi) is 7.62. The molecule has 0 fully saturated rings. The van der Waals surface area contributed by atoms with E-state index in [-0.39, 0.29) is 5.91 Å².